The van der Waals surface area contributed by atoms with Gasteiger partial charge in [-0.3, -0.25) is 4.79 Å². The summed E-state index contributed by atoms with van der Waals surface area (Å²) < 4.78 is 22.9. The van der Waals surface area contributed by atoms with Gasteiger partial charge < -0.3 is 5.11 Å². The van der Waals surface area contributed by atoms with Crippen LogP contribution >= 0.6 is 0 Å². The van der Waals surface area contributed by atoms with Crippen molar-refractivity contribution in [2.24, 2.45) is 0 Å². The van der Waals surface area contributed by atoms with E-state index in [1.807, 2.05) is 0 Å². The highest BCUT2D eigenvalue weighted by Crippen LogP contribution is 1.98. The maximum Gasteiger partial charge on any atom is 0.304 e. The van der Waals surface area contributed by atoms with Crippen LogP contribution in [0.4, 0.5) is 0 Å². The molecule has 0 bridgehead atoms. The molecule has 0 saturated heterocycles. The van der Waals surface area contributed by atoms with Crippen molar-refractivity contribution < 1.29 is 18.3 Å². The van der Waals surface area contributed by atoms with Crippen molar-refractivity contribution in [3.05, 3.63) is 0 Å². The normalized spacial score (nSPS) is 11.9. The fourth-order valence-corrected chi connectivity index (χ4v) is 1.67. The van der Waals surface area contributed by atoms with Crippen LogP contribution in [0, 0.1) is 0 Å². The molecular weight excluding hydrogens is 182 g/mol. The van der Waals surface area contributed by atoms with E-state index < -0.39 is 16.0 Å². The second kappa shape index (κ2) is 4.42. The minimum Gasteiger partial charge on any atom is -0.481 e. The third kappa shape index (κ3) is 4.30. The van der Waals surface area contributed by atoms with E-state index in [1.54, 1.807) is 6.92 Å². The standard InChI is InChI=1S/C6H13NO4S/c1-3-7(12(2,10)11)5-4-6(8)9/h3-5H2,1-2H3,(H,8,9). The van der Waals surface area contributed by atoms with Crippen molar-refractivity contribution in [2.45, 2.75) is 13.3 Å². The number of carbonyl (C=O) groups is 1. The first-order valence-corrected chi connectivity index (χ1v) is 5.39. The van der Waals surface area contributed by atoms with Gasteiger partial charge in [0.2, 0.25) is 10.0 Å². The number of hydrogen-bond donors (Lipinski definition) is 1. The maximum atomic E-state index is 10.9. The molecule has 0 aromatic rings. The summed E-state index contributed by atoms with van der Waals surface area (Å²) in [5.74, 6) is -0.989. The van der Waals surface area contributed by atoms with Gasteiger partial charge in [0.25, 0.3) is 0 Å². The largest absolute Gasteiger partial charge is 0.481 e. The highest BCUT2D eigenvalue weighted by atomic mass is 32.2. The quantitative estimate of drug-likeness (QED) is 0.656. The Bertz CT molecular complexity index is 246. The van der Waals surface area contributed by atoms with Crippen LogP contribution in [0.15, 0.2) is 0 Å². The molecule has 5 nitrogen and oxygen atoms in total. The molecule has 72 valence electrons. The lowest BCUT2D eigenvalue weighted by Gasteiger charge is -2.15. The molecule has 6 heteroatoms. The molecule has 0 atom stereocenters. The Balaban J connectivity index is 4.11. The summed E-state index contributed by atoms with van der Waals surface area (Å²) in [6, 6.07) is 0. The fourth-order valence-electron chi connectivity index (χ4n) is 0.779. The SMILES string of the molecule is CCN(CCC(=O)O)S(C)(=O)=O. The van der Waals surface area contributed by atoms with E-state index in [1.165, 1.54) is 0 Å². The molecule has 0 aromatic heterocycles. The van der Waals surface area contributed by atoms with Gasteiger partial charge in [-0.15, -0.1) is 0 Å². The number of aliphatic carboxylic acids is 1. The predicted molar refractivity (Wildman–Crippen MR) is 44.3 cm³/mol. The molecule has 12 heavy (non-hydrogen) atoms. The van der Waals surface area contributed by atoms with Gasteiger partial charge in [0.1, 0.15) is 0 Å². The summed E-state index contributed by atoms with van der Waals surface area (Å²) in [5, 5.41) is 8.30. The lowest BCUT2D eigenvalue weighted by atomic mass is 10.4. The van der Waals surface area contributed by atoms with Crippen LogP contribution < -0.4 is 0 Å². The van der Waals surface area contributed by atoms with E-state index in [0.717, 1.165) is 10.6 Å². The molecule has 0 saturated carbocycles. The Morgan fingerprint density at radius 3 is 2.25 bits per heavy atom. The zero-order chi connectivity index (χ0) is 9.78. The van der Waals surface area contributed by atoms with Gasteiger partial charge in [0.05, 0.1) is 12.7 Å². The van der Waals surface area contributed by atoms with E-state index in [2.05, 4.69) is 0 Å². The van der Waals surface area contributed by atoms with Gasteiger partial charge in [-0.05, 0) is 0 Å². The number of carboxylic acids is 1. The summed E-state index contributed by atoms with van der Waals surface area (Å²) >= 11 is 0. The second-order valence-corrected chi connectivity index (χ2v) is 4.38. The van der Waals surface area contributed by atoms with E-state index >= 15 is 0 Å². The predicted octanol–water partition coefficient (Wildman–Crippen LogP) is -0.257. The molecule has 0 aliphatic rings. The lowest BCUT2D eigenvalue weighted by Crippen LogP contribution is -2.31. The van der Waals surface area contributed by atoms with Gasteiger partial charge in [-0.2, -0.15) is 0 Å². The van der Waals surface area contributed by atoms with Crippen LogP contribution in [0.25, 0.3) is 0 Å². The third-order valence-electron chi connectivity index (χ3n) is 1.40. The van der Waals surface area contributed by atoms with Gasteiger partial charge >= 0.3 is 5.97 Å². The van der Waals surface area contributed by atoms with Gasteiger partial charge in [-0.25, -0.2) is 12.7 Å². The summed E-state index contributed by atoms with van der Waals surface area (Å²) in [6.45, 7) is 2.03. The highest BCUT2D eigenvalue weighted by Gasteiger charge is 2.14. The monoisotopic (exact) mass is 195 g/mol. The van der Waals surface area contributed by atoms with Gasteiger partial charge in [-0.1, -0.05) is 6.92 Å². The molecule has 0 aliphatic carbocycles. The smallest absolute Gasteiger partial charge is 0.304 e. The molecule has 0 unspecified atom stereocenters. The van der Waals surface area contributed by atoms with Crippen LogP contribution in [0.1, 0.15) is 13.3 Å². The number of nitrogens with zero attached hydrogens (tertiary/aromatic N) is 1. The molecule has 0 rings (SSSR count). The van der Waals surface area contributed by atoms with Crippen molar-refractivity contribution in [3.63, 3.8) is 0 Å². The molecule has 0 heterocycles. The molecule has 0 amide bonds. The Hall–Kier alpha value is -0.620. The van der Waals surface area contributed by atoms with Gasteiger partial charge in [0.15, 0.2) is 0 Å². The van der Waals surface area contributed by atoms with E-state index in [4.69, 9.17) is 5.11 Å². The maximum absolute atomic E-state index is 10.9. The average molecular weight is 195 g/mol. The van der Waals surface area contributed by atoms with E-state index in [-0.39, 0.29) is 13.0 Å². The zero-order valence-electron chi connectivity index (χ0n) is 7.15. The number of hydrogen-bond acceptors (Lipinski definition) is 3. The van der Waals surface area contributed by atoms with Crippen LogP contribution in [-0.4, -0.2) is 43.1 Å². The lowest BCUT2D eigenvalue weighted by molar-refractivity contribution is -0.137. The average Bonchev–Trinajstić information content (AvgIpc) is 1.85. The molecule has 0 aliphatic heterocycles. The molecular formula is C6H13NO4S. The van der Waals surface area contributed by atoms with Crippen LogP contribution in [0.3, 0.4) is 0 Å². The molecule has 0 aromatic carbocycles. The Morgan fingerprint density at radius 2 is 2.00 bits per heavy atom. The topological polar surface area (TPSA) is 74.7 Å². The molecule has 1 N–H and O–H groups in total. The van der Waals surface area contributed by atoms with Crippen molar-refractivity contribution >= 4 is 16.0 Å². The molecule has 0 fully saturated rings. The first-order valence-electron chi connectivity index (χ1n) is 3.55. The van der Waals surface area contributed by atoms with Crippen molar-refractivity contribution in [2.75, 3.05) is 19.3 Å². The second-order valence-electron chi connectivity index (χ2n) is 2.40. The highest BCUT2D eigenvalue weighted by molar-refractivity contribution is 7.88. The fraction of sp³-hybridized carbons (Fsp3) is 0.833. The molecule has 0 radical (unpaired) electrons. The number of rotatable bonds is 5. The first-order chi connectivity index (χ1) is 5.38. The van der Waals surface area contributed by atoms with E-state index in [9.17, 15) is 13.2 Å². The zero-order valence-corrected chi connectivity index (χ0v) is 7.97. The summed E-state index contributed by atoms with van der Waals surface area (Å²) in [6.07, 6.45) is 0.916. The minimum absolute atomic E-state index is 0.0463. The summed E-state index contributed by atoms with van der Waals surface area (Å²) in [4.78, 5) is 10.1. The van der Waals surface area contributed by atoms with Gasteiger partial charge in [0, 0.05) is 13.1 Å². The van der Waals surface area contributed by atoms with Crippen LogP contribution in [0.5, 0.6) is 0 Å². The first kappa shape index (κ1) is 11.4. The Labute approximate surface area is 72.0 Å². The summed E-state index contributed by atoms with van der Waals surface area (Å²) in [7, 11) is -3.24. The number of carboxylic acid groups (broad SMARTS) is 1. The van der Waals surface area contributed by atoms with Crippen molar-refractivity contribution in [3.8, 4) is 0 Å². The third-order valence-corrected chi connectivity index (χ3v) is 2.78. The van der Waals surface area contributed by atoms with Crippen molar-refractivity contribution in [1.29, 1.82) is 0 Å². The Kier molecular flexibility index (Phi) is 4.19. The number of sulfonamides is 1. The van der Waals surface area contributed by atoms with E-state index in [0.29, 0.717) is 6.54 Å². The summed E-state index contributed by atoms with van der Waals surface area (Å²) in [5.41, 5.74) is 0. The van der Waals surface area contributed by atoms with Crippen LogP contribution in [0.2, 0.25) is 0 Å². The Morgan fingerprint density at radius 1 is 1.50 bits per heavy atom. The molecule has 0 spiro atoms. The van der Waals surface area contributed by atoms with Crippen molar-refractivity contribution in [1.82, 2.24) is 4.31 Å². The van der Waals surface area contributed by atoms with Crippen LogP contribution in [-0.2, 0) is 14.8 Å². The minimum atomic E-state index is -3.24.